The van der Waals surface area contributed by atoms with E-state index in [9.17, 15) is 0 Å². The maximum Gasteiger partial charge on any atom is 0.0523 e. The van der Waals surface area contributed by atoms with Gasteiger partial charge < -0.3 is 0 Å². The van der Waals surface area contributed by atoms with Crippen LogP contribution in [0.1, 0.15) is 47.0 Å². The number of nitrogens with zero attached hydrogens (tertiary/aromatic N) is 1. The van der Waals surface area contributed by atoms with Crippen LogP contribution in [0.25, 0.3) is 0 Å². The standard InChI is InChI=1S/C13H21NS.C2H6/c1-4-8-11(2)12-9-6-5-7-10-13(12)14-15-3;1-2/h5-7,10-12H,4,8-9H2,1-3H3;1-2H3/b14-13-;. The van der Waals surface area contributed by atoms with Crippen molar-refractivity contribution in [1.29, 1.82) is 0 Å². The molecule has 0 aromatic heterocycles. The average Bonchev–Trinajstić information content (AvgIpc) is 2.58. The Morgan fingerprint density at radius 3 is 2.71 bits per heavy atom. The van der Waals surface area contributed by atoms with Gasteiger partial charge in [-0.2, -0.15) is 0 Å². The molecular formula is C15H27NS. The van der Waals surface area contributed by atoms with Crippen LogP contribution in [0.5, 0.6) is 0 Å². The van der Waals surface area contributed by atoms with E-state index in [1.807, 2.05) is 20.1 Å². The van der Waals surface area contributed by atoms with E-state index in [-0.39, 0.29) is 0 Å². The number of hydrogen-bond donors (Lipinski definition) is 0. The van der Waals surface area contributed by atoms with Gasteiger partial charge in [0.15, 0.2) is 0 Å². The molecule has 0 aliphatic heterocycles. The summed E-state index contributed by atoms with van der Waals surface area (Å²) >= 11 is 1.57. The molecule has 0 spiro atoms. The Bertz CT molecular complexity index is 266. The molecule has 0 aromatic carbocycles. The highest BCUT2D eigenvalue weighted by Gasteiger charge is 2.20. The summed E-state index contributed by atoms with van der Waals surface area (Å²) in [7, 11) is 0. The van der Waals surface area contributed by atoms with Gasteiger partial charge >= 0.3 is 0 Å². The first-order valence-corrected chi connectivity index (χ1v) is 7.92. The van der Waals surface area contributed by atoms with Crippen molar-refractivity contribution in [2.24, 2.45) is 16.2 Å². The van der Waals surface area contributed by atoms with Crippen molar-refractivity contribution >= 4 is 17.7 Å². The van der Waals surface area contributed by atoms with Crippen LogP contribution < -0.4 is 0 Å². The van der Waals surface area contributed by atoms with E-state index in [4.69, 9.17) is 0 Å². The zero-order valence-corrected chi connectivity index (χ0v) is 12.8. The smallest absolute Gasteiger partial charge is 0.0523 e. The predicted octanol–water partition coefficient (Wildman–Crippen LogP) is 5.30. The fourth-order valence-corrected chi connectivity index (χ4v) is 2.49. The summed E-state index contributed by atoms with van der Waals surface area (Å²) in [6.07, 6.45) is 14.4. The summed E-state index contributed by atoms with van der Waals surface area (Å²) in [6.45, 7) is 8.60. The Kier molecular flexibility index (Phi) is 10.3. The topological polar surface area (TPSA) is 12.4 Å². The van der Waals surface area contributed by atoms with E-state index in [1.165, 1.54) is 18.6 Å². The van der Waals surface area contributed by atoms with Gasteiger partial charge in [-0.15, -0.1) is 0 Å². The van der Waals surface area contributed by atoms with Crippen LogP contribution in [0.15, 0.2) is 28.7 Å². The van der Waals surface area contributed by atoms with E-state index in [2.05, 4.69) is 42.5 Å². The molecule has 0 saturated carbocycles. The Hall–Kier alpha value is -0.500. The first kappa shape index (κ1) is 16.5. The lowest BCUT2D eigenvalue weighted by atomic mass is 9.84. The largest absolute Gasteiger partial charge is 0.221 e. The minimum atomic E-state index is 0.604. The summed E-state index contributed by atoms with van der Waals surface area (Å²) in [5.74, 6) is 1.33. The van der Waals surface area contributed by atoms with Crippen LogP contribution in [0.2, 0.25) is 0 Å². The Labute approximate surface area is 112 Å². The summed E-state index contributed by atoms with van der Waals surface area (Å²) in [6, 6.07) is 0. The molecule has 98 valence electrons. The van der Waals surface area contributed by atoms with Crippen LogP contribution in [0, 0.1) is 11.8 Å². The van der Waals surface area contributed by atoms with Gasteiger partial charge in [0.2, 0.25) is 0 Å². The molecule has 17 heavy (non-hydrogen) atoms. The molecule has 0 N–H and O–H groups in total. The number of hydrogen-bond acceptors (Lipinski definition) is 2. The van der Waals surface area contributed by atoms with Gasteiger partial charge in [0.1, 0.15) is 0 Å². The quantitative estimate of drug-likeness (QED) is 0.619. The van der Waals surface area contributed by atoms with Crippen molar-refractivity contribution in [2.75, 3.05) is 6.26 Å². The van der Waals surface area contributed by atoms with Gasteiger partial charge in [0.25, 0.3) is 0 Å². The van der Waals surface area contributed by atoms with Gasteiger partial charge in [-0.25, -0.2) is 4.40 Å². The highest BCUT2D eigenvalue weighted by Crippen LogP contribution is 2.26. The third-order valence-electron chi connectivity index (χ3n) is 2.91. The van der Waals surface area contributed by atoms with Crippen molar-refractivity contribution in [3.8, 4) is 0 Å². The van der Waals surface area contributed by atoms with Gasteiger partial charge in [0, 0.05) is 12.2 Å². The third-order valence-corrected chi connectivity index (χ3v) is 3.31. The molecule has 2 unspecified atom stereocenters. The highest BCUT2D eigenvalue weighted by molar-refractivity contribution is 7.97. The van der Waals surface area contributed by atoms with Gasteiger partial charge in [-0.05, 0) is 30.4 Å². The molecule has 0 radical (unpaired) electrons. The second kappa shape index (κ2) is 10.6. The summed E-state index contributed by atoms with van der Waals surface area (Å²) in [5, 5.41) is 0. The van der Waals surface area contributed by atoms with Crippen LogP contribution in [-0.4, -0.2) is 12.0 Å². The minimum absolute atomic E-state index is 0.604. The summed E-state index contributed by atoms with van der Waals surface area (Å²) in [5.41, 5.74) is 1.26. The second-order valence-electron chi connectivity index (χ2n) is 4.09. The zero-order valence-electron chi connectivity index (χ0n) is 11.9. The van der Waals surface area contributed by atoms with E-state index in [1.54, 1.807) is 11.9 Å². The third kappa shape index (κ3) is 6.11. The first-order valence-electron chi connectivity index (χ1n) is 6.73. The lowest BCUT2D eigenvalue weighted by Gasteiger charge is -2.21. The number of rotatable bonds is 4. The second-order valence-corrected chi connectivity index (χ2v) is 4.64. The predicted molar refractivity (Wildman–Crippen MR) is 82.8 cm³/mol. The normalized spacial score (nSPS) is 22.9. The molecule has 0 fully saturated rings. The maximum atomic E-state index is 4.53. The molecule has 0 saturated heterocycles. The zero-order chi connectivity index (χ0) is 13.1. The Morgan fingerprint density at radius 2 is 2.12 bits per heavy atom. The fourth-order valence-electron chi connectivity index (χ4n) is 2.09. The Morgan fingerprint density at radius 1 is 1.41 bits per heavy atom. The highest BCUT2D eigenvalue weighted by atomic mass is 32.2. The summed E-state index contributed by atoms with van der Waals surface area (Å²) < 4.78 is 4.53. The van der Waals surface area contributed by atoms with Crippen LogP contribution in [-0.2, 0) is 0 Å². The molecule has 1 aliphatic rings. The lowest BCUT2D eigenvalue weighted by Crippen LogP contribution is -2.19. The molecule has 2 heteroatoms. The molecular weight excluding hydrogens is 226 g/mol. The van der Waals surface area contributed by atoms with Crippen molar-refractivity contribution in [1.82, 2.24) is 0 Å². The summed E-state index contributed by atoms with van der Waals surface area (Å²) in [4.78, 5) is 0. The van der Waals surface area contributed by atoms with E-state index >= 15 is 0 Å². The van der Waals surface area contributed by atoms with Gasteiger partial charge in [-0.3, -0.25) is 0 Å². The van der Waals surface area contributed by atoms with Crippen molar-refractivity contribution in [3.63, 3.8) is 0 Å². The molecule has 2 atom stereocenters. The van der Waals surface area contributed by atoms with E-state index in [0.717, 1.165) is 12.3 Å². The molecule has 0 bridgehead atoms. The number of allylic oxidation sites excluding steroid dienone is 4. The van der Waals surface area contributed by atoms with Crippen molar-refractivity contribution in [2.45, 2.75) is 47.0 Å². The van der Waals surface area contributed by atoms with Crippen molar-refractivity contribution in [3.05, 3.63) is 24.3 Å². The minimum Gasteiger partial charge on any atom is -0.221 e. The molecule has 0 aromatic rings. The van der Waals surface area contributed by atoms with E-state index < -0.39 is 0 Å². The molecule has 1 aliphatic carbocycles. The van der Waals surface area contributed by atoms with Gasteiger partial charge in [0.05, 0.1) is 5.71 Å². The molecule has 1 rings (SSSR count). The molecule has 0 amide bonds. The maximum absolute atomic E-state index is 4.53. The van der Waals surface area contributed by atoms with Crippen LogP contribution in [0.3, 0.4) is 0 Å². The van der Waals surface area contributed by atoms with Gasteiger partial charge in [-0.1, -0.05) is 58.8 Å². The lowest BCUT2D eigenvalue weighted by molar-refractivity contribution is 0.423. The first-order chi connectivity index (χ1) is 8.29. The average molecular weight is 253 g/mol. The fraction of sp³-hybridized carbons (Fsp3) is 0.667. The van der Waals surface area contributed by atoms with E-state index in [0.29, 0.717) is 5.92 Å². The van der Waals surface area contributed by atoms with Crippen LogP contribution in [0.4, 0.5) is 0 Å². The Balaban J connectivity index is 0.00000121. The molecule has 1 nitrogen and oxygen atoms in total. The van der Waals surface area contributed by atoms with Crippen LogP contribution >= 0.6 is 11.9 Å². The SMILES string of the molecule is CC.CCCC(C)C1CC=CC=C/C1=N/SC. The van der Waals surface area contributed by atoms with Crippen molar-refractivity contribution < 1.29 is 0 Å². The molecule has 0 heterocycles. The monoisotopic (exact) mass is 253 g/mol.